The normalized spacial score (nSPS) is 15.4. The van der Waals surface area contributed by atoms with E-state index in [2.05, 4.69) is 27.8 Å². The Hall–Kier alpha value is -1.72. The summed E-state index contributed by atoms with van der Waals surface area (Å²) in [6.45, 7) is 5.38. The van der Waals surface area contributed by atoms with E-state index in [4.69, 9.17) is 0 Å². The van der Waals surface area contributed by atoms with E-state index < -0.39 is 0 Å². The molecule has 0 radical (unpaired) electrons. The molecule has 1 aromatic carbocycles. The predicted molar refractivity (Wildman–Crippen MR) is 94.4 cm³/mol. The van der Waals surface area contributed by atoms with Crippen LogP contribution >= 0.6 is 11.3 Å². The number of thiazole rings is 1. The Morgan fingerprint density at radius 3 is 2.78 bits per heavy atom. The van der Waals surface area contributed by atoms with Crippen molar-refractivity contribution in [3.05, 3.63) is 40.9 Å². The smallest absolute Gasteiger partial charge is 0.234 e. The highest BCUT2D eigenvalue weighted by Crippen LogP contribution is 2.31. The van der Waals surface area contributed by atoms with Gasteiger partial charge in [0, 0.05) is 5.56 Å². The molecule has 0 bridgehead atoms. The molecule has 5 heteroatoms. The molecule has 1 atom stereocenters. The van der Waals surface area contributed by atoms with Gasteiger partial charge in [-0.15, -0.1) is 11.3 Å². The molecule has 2 aromatic rings. The Morgan fingerprint density at radius 1 is 1.35 bits per heavy atom. The van der Waals surface area contributed by atoms with Crippen LogP contribution in [0.25, 0.3) is 10.6 Å². The number of benzene rings is 1. The van der Waals surface area contributed by atoms with Crippen LogP contribution in [-0.2, 0) is 4.79 Å². The highest BCUT2D eigenvalue weighted by molar-refractivity contribution is 7.15. The third-order valence-electron chi connectivity index (χ3n) is 4.04. The Kier molecular flexibility index (Phi) is 5.08. The van der Waals surface area contributed by atoms with Crippen LogP contribution in [0, 0.1) is 12.8 Å². The number of carbonyl (C=O) groups is 1. The minimum Gasteiger partial charge on any atom is -0.348 e. The summed E-state index contributed by atoms with van der Waals surface area (Å²) < 4.78 is 0. The van der Waals surface area contributed by atoms with Crippen molar-refractivity contribution in [2.24, 2.45) is 5.92 Å². The van der Waals surface area contributed by atoms with E-state index in [-0.39, 0.29) is 11.9 Å². The van der Waals surface area contributed by atoms with Crippen LogP contribution in [0.5, 0.6) is 0 Å². The summed E-state index contributed by atoms with van der Waals surface area (Å²) in [5.41, 5.74) is 2.11. The van der Waals surface area contributed by atoms with E-state index in [1.807, 2.05) is 32.0 Å². The van der Waals surface area contributed by atoms with Gasteiger partial charge >= 0.3 is 0 Å². The average Bonchev–Trinajstić information content (AvgIpc) is 3.28. The highest BCUT2D eigenvalue weighted by Gasteiger charge is 2.21. The molecular formula is C18H23N3OS. The summed E-state index contributed by atoms with van der Waals surface area (Å²) >= 11 is 1.66. The van der Waals surface area contributed by atoms with Crippen molar-refractivity contribution in [2.45, 2.75) is 32.7 Å². The quantitative estimate of drug-likeness (QED) is 0.819. The number of carbonyl (C=O) groups excluding carboxylic acids is 1. The Balaban J connectivity index is 1.59. The van der Waals surface area contributed by atoms with Crippen LogP contribution in [-0.4, -0.2) is 24.0 Å². The molecule has 0 aliphatic heterocycles. The lowest BCUT2D eigenvalue weighted by atomic mass is 10.2. The maximum Gasteiger partial charge on any atom is 0.234 e. The van der Waals surface area contributed by atoms with Crippen LogP contribution in [0.3, 0.4) is 0 Å². The van der Waals surface area contributed by atoms with Crippen molar-refractivity contribution >= 4 is 17.2 Å². The first-order valence-electron chi connectivity index (χ1n) is 8.16. The monoisotopic (exact) mass is 329 g/mol. The molecule has 1 aliphatic carbocycles. The number of nitrogens with one attached hydrogen (secondary N) is 2. The molecule has 1 unspecified atom stereocenters. The number of aromatic nitrogens is 1. The number of aryl methyl sites for hydroxylation is 1. The van der Waals surface area contributed by atoms with Gasteiger partial charge in [0.15, 0.2) is 0 Å². The minimum atomic E-state index is -0.0137. The van der Waals surface area contributed by atoms with E-state index in [0.717, 1.165) is 33.6 Å². The lowest BCUT2D eigenvalue weighted by molar-refractivity contribution is -0.120. The number of nitrogens with zero attached hydrogens (tertiary/aromatic N) is 1. The van der Waals surface area contributed by atoms with E-state index in [9.17, 15) is 4.79 Å². The average molecular weight is 329 g/mol. The van der Waals surface area contributed by atoms with E-state index in [1.165, 1.54) is 12.8 Å². The molecule has 2 N–H and O–H groups in total. The molecular weight excluding hydrogens is 306 g/mol. The standard InChI is InChI=1S/C18H23N3OS/c1-12(20-16(22)11-19-10-14-8-9-14)17-13(2)21-18(23-17)15-6-4-3-5-7-15/h3-7,12,14,19H,8-11H2,1-2H3,(H,20,22). The largest absolute Gasteiger partial charge is 0.348 e. The zero-order valence-corrected chi connectivity index (χ0v) is 14.5. The van der Waals surface area contributed by atoms with E-state index in [1.54, 1.807) is 11.3 Å². The van der Waals surface area contributed by atoms with Gasteiger partial charge in [0.25, 0.3) is 0 Å². The number of rotatable bonds is 7. The zero-order valence-electron chi connectivity index (χ0n) is 13.6. The molecule has 1 saturated carbocycles. The van der Waals surface area contributed by atoms with Crippen molar-refractivity contribution in [1.82, 2.24) is 15.6 Å². The van der Waals surface area contributed by atoms with Crippen molar-refractivity contribution in [3.8, 4) is 10.6 Å². The number of hydrogen-bond donors (Lipinski definition) is 2. The van der Waals surface area contributed by atoms with Gasteiger partial charge in [-0.2, -0.15) is 0 Å². The lowest BCUT2D eigenvalue weighted by Crippen LogP contribution is -2.36. The fourth-order valence-electron chi connectivity index (χ4n) is 2.58. The maximum absolute atomic E-state index is 12.0. The summed E-state index contributed by atoms with van der Waals surface area (Å²) in [5, 5.41) is 7.30. The van der Waals surface area contributed by atoms with Crippen LogP contribution in [0.2, 0.25) is 0 Å². The molecule has 0 spiro atoms. The lowest BCUT2D eigenvalue weighted by Gasteiger charge is -2.13. The first kappa shape index (κ1) is 16.1. The summed E-state index contributed by atoms with van der Waals surface area (Å²) in [6.07, 6.45) is 2.60. The topological polar surface area (TPSA) is 54.0 Å². The zero-order chi connectivity index (χ0) is 16.2. The Morgan fingerprint density at radius 2 is 2.09 bits per heavy atom. The van der Waals surface area contributed by atoms with Gasteiger partial charge in [0.2, 0.25) is 5.91 Å². The molecule has 23 heavy (non-hydrogen) atoms. The van der Waals surface area contributed by atoms with Gasteiger partial charge in [-0.25, -0.2) is 4.98 Å². The SMILES string of the molecule is Cc1nc(-c2ccccc2)sc1C(C)NC(=O)CNCC1CC1. The predicted octanol–water partition coefficient (Wildman–Crippen LogP) is 3.30. The maximum atomic E-state index is 12.0. The van der Waals surface area contributed by atoms with Crippen LogP contribution in [0.15, 0.2) is 30.3 Å². The van der Waals surface area contributed by atoms with Crippen molar-refractivity contribution in [3.63, 3.8) is 0 Å². The first-order valence-corrected chi connectivity index (χ1v) is 8.98. The molecule has 3 rings (SSSR count). The summed E-state index contributed by atoms with van der Waals surface area (Å²) in [7, 11) is 0. The van der Waals surface area contributed by atoms with Crippen molar-refractivity contribution in [2.75, 3.05) is 13.1 Å². The van der Waals surface area contributed by atoms with Crippen LogP contribution in [0.4, 0.5) is 0 Å². The highest BCUT2D eigenvalue weighted by atomic mass is 32.1. The van der Waals surface area contributed by atoms with Crippen molar-refractivity contribution < 1.29 is 4.79 Å². The molecule has 1 amide bonds. The van der Waals surface area contributed by atoms with E-state index >= 15 is 0 Å². The second-order valence-electron chi connectivity index (χ2n) is 6.20. The van der Waals surface area contributed by atoms with Gasteiger partial charge in [-0.3, -0.25) is 4.79 Å². The molecule has 122 valence electrons. The molecule has 4 nitrogen and oxygen atoms in total. The van der Waals surface area contributed by atoms with Crippen molar-refractivity contribution in [1.29, 1.82) is 0 Å². The summed E-state index contributed by atoms with van der Waals surface area (Å²) in [5.74, 6) is 0.838. The van der Waals surface area contributed by atoms with Gasteiger partial charge in [-0.1, -0.05) is 30.3 Å². The molecule has 1 heterocycles. The molecule has 1 aromatic heterocycles. The van der Waals surface area contributed by atoms with Gasteiger partial charge in [0.1, 0.15) is 5.01 Å². The second-order valence-corrected chi connectivity index (χ2v) is 7.23. The van der Waals surface area contributed by atoms with Crippen LogP contribution in [0.1, 0.15) is 36.4 Å². The molecule has 0 saturated heterocycles. The second kappa shape index (κ2) is 7.23. The number of hydrogen-bond acceptors (Lipinski definition) is 4. The Labute approximate surface area is 141 Å². The molecule has 1 aliphatic rings. The third kappa shape index (κ3) is 4.39. The van der Waals surface area contributed by atoms with Crippen LogP contribution < -0.4 is 10.6 Å². The third-order valence-corrected chi connectivity index (χ3v) is 5.43. The summed E-state index contributed by atoms with van der Waals surface area (Å²) in [4.78, 5) is 17.8. The Bertz CT molecular complexity index is 664. The fraction of sp³-hybridized carbons (Fsp3) is 0.444. The summed E-state index contributed by atoms with van der Waals surface area (Å²) in [6, 6.07) is 10.1. The van der Waals surface area contributed by atoms with Gasteiger partial charge in [0.05, 0.1) is 23.2 Å². The van der Waals surface area contributed by atoms with Gasteiger partial charge in [-0.05, 0) is 39.2 Å². The first-order chi connectivity index (χ1) is 11.1. The fourth-order valence-corrected chi connectivity index (χ4v) is 3.66. The van der Waals surface area contributed by atoms with Gasteiger partial charge < -0.3 is 10.6 Å². The molecule has 1 fully saturated rings. The number of amides is 1. The minimum absolute atomic E-state index is 0.0137. The van der Waals surface area contributed by atoms with E-state index in [0.29, 0.717) is 6.54 Å².